The van der Waals surface area contributed by atoms with Crippen LogP contribution < -0.4 is 10.1 Å². The second kappa shape index (κ2) is 6.59. The monoisotopic (exact) mass is 387 g/mol. The van der Waals surface area contributed by atoms with E-state index >= 15 is 0 Å². The van der Waals surface area contributed by atoms with E-state index in [1.165, 1.54) is 0 Å². The lowest BCUT2D eigenvalue weighted by molar-refractivity contribution is 0.397. The summed E-state index contributed by atoms with van der Waals surface area (Å²) in [5, 5.41) is 3.42. The van der Waals surface area contributed by atoms with Crippen LogP contribution in [0.2, 0.25) is 0 Å². The van der Waals surface area contributed by atoms with E-state index in [9.17, 15) is 0 Å². The lowest BCUT2D eigenvalue weighted by atomic mass is 10.1. The van der Waals surface area contributed by atoms with Gasteiger partial charge in [0.2, 0.25) is 0 Å². The second-order valence-corrected chi connectivity index (χ2v) is 5.97. The number of ether oxygens (including phenoxy) is 1. The zero-order valence-electron chi connectivity index (χ0n) is 10.7. The van der Waals surface area contributed by atoms with Crippen LogP contribution in [0.3, 0.4) is 0 Å². The number of methoxy groups -OCH3 is 1. The van der Waals surface area contributed by atoms with Crippen LogP contribution in [0.4, 0.5) is 0 Å². The minimum atomic E-state index is 0.150. The fourth-order valence-corrected chi connectivity index (χ4v) is 3.35. The van der Waals surface area contributed by atoms with Crippen LogP contribution >= 0.6 is 31.9 Å². The van der Waals surface area contributed by atoms with Crippen LogP contribution in [-0.4, -0.2) is 7.11 Å². The highest BCUT2D eigenvalue weighted by Gasteiger charge is 2.12. The van der Waals surface area contributed by atoms with Crippen molar-refractivity contribution in [2.75, 3.05) is 7.11 Å². The summed E-state index contributed by atoms with van der Waals surface area (Å²) in [4.78, 5) is 0. The first-order valence-corrected chi connectivity index (χ1v) is 7.49. The van der Waals surface area contributed by atoms with E-state index in [1.54, 1.807) is 13.4 Å². The van der Waals surface area contributed by atoms with Crippen LogP contribution in [-0.2, 0) is 6.54 Å². The van der Waals surface area contributed by atoms with E-state index in [-0.39, 0.29) is 6.04 Å². The zero-order chi connectivity index (χ0) is 13.8. The fourth-order valence-electron chi connectivity index (χ4n) is 1.87. The number of hydrogen-bond acceptors (Lipinski definition) is 3. The summed E-state index contributed by atoms with van der Waals surface area (Å²) in [6.07, 6.45) is 1.68. The molecule has 0 amide bonds. The van der Waals surface area contributed by atoms with Crippen molar-refractivity contribution in [1.82, 2.24) is 5.32 Å². The number of halogens is 2. The molecule has 19 heavy (non-hydrogen) atoms. The van der Waals surface area contributed by atoms with E-state index in [0.717, 1.165) is 26.0 Å². The van der Waals surface area contributed by atoms with Gasteiger partial charge in [-0.1, -0.05) is 15.9 Å². The molecule has 2 rings (SSSR count). The molecule has 0 spiro atoms. The molecular weight excluding hydrogens is 374 g/mol. The Morgan fingerprint density at radius 1 is 1.37 bits per heavy atom. The standard InChI is InChI=1S/C14H15Br2NO2/c1-9(13-4-3-5-19-13)17-8-10-6-11(15)7-12(16)14(10)18-2/h3-7,9,17H,8H2,1-2H3/t9-/m0/s1. The molecule has 1 heterocycles. The van der Waals surface area contributed by atoms with E-state index in [2.05, 4.69) is 44.1 Å². The summed E-state index contributed by atoms with van der Waals surface area (Å²) in [5.74, 6) is 1.77. The van der Waals surface area contributed by atoms with E-state index in [0.29, 0.717) is 6.54 Å². The summed E-state index contributed by atoms with van der Waals surface area (Å²) in [6, 6.07) is 8.02. The molecule has 3 nitrogen and oxygen atoms in total. The molecule has 0 radical (unpaired) electrons. The number of furan rings is 1. The van der Waals surface area contributed by atoms with Crippen molar-refractivity contribution in [3.05, 3.63) is 50.8 Å². The number of rotatable bonds is 5. The average molecular weight is 389 g/mol. The molecule has 5 heteroatoms. The highest BCUT2D eigenvalue weighted by Crippen LogP contribution is 2.32. The number of nitrogens with one attached hydrogen (secondary N) is 1. The number of benzene rings is 1. The molecule has 0 saturated carbocycles. The Kier molecular flexibility index (Phi) is 5.07. The molecule has 1 atom stereocenters. The molecule has 2 aromatic rings. The van der Waals surface area contributed by atoms with Crippen LogP contribution in [0.15, 0.2) is 43.9 Å². The van der Waals surface area contributed by atoms with Gasteiger partial charge in [0.15, 0.2) is 0 Å². The van der Waals surface area contributed by atoms with Crippen LogP contribution in [0.25, 0.3) is 0 Å². The summed E-state index contributed by atoms with van der Waals surface area (Å²) in [6.45, 7) is 2.77. The Morgan fingerprint density at radius 2 is 2.16 bits per heavy atom. The average Bonchev–Trinajstić information content (AvgIpc) is 2.89. The van der Waals surface area contributed by atoms with Crippen molar-refractivity contribution in [2.45, 2.75) is 19.5 Å². The fraction of sp³-hybridized carbons (Fsp3) is 0.286. The Balaban J connectivity index is 2.11. The van der Waals surface area contributed by atoms with E-state index in [1.807, 2.05) is 24.3 Å². The van der Waals surface area contributed by atoms with Crippen LogP contribution in [0, 0.1) is 0 Å². The van der Waals surface area contributed by atoms with Gasteiger partial charge in [-0.05, 0) is 47.1 Å². The normalized spacial score (nSPS) is 12.4. The predicted molar refractivity (Wildman–Crippen MR) is 82.4 cm³/mol. The number of hydrogen-bond donors (Lipinski definition) is 1. The first-order valence-electron chi connectivity index (χ1n) is 5.90. The maximum atomic E-state index is 5.42. The first kappa shape index (κ1) is 14.6. The maximum absolute atomic E-state index is 5.42. The molecule has 0 aliphatic carbocycles. The molecule has 1 N–H and O–H groups in total. The molecule has 0 aliphatic heterocycles. The van der Waals surface area contributed by atoms with Gasteiger partial charge in [0.1, 0.15) is 11.5 Å². The van der Waals surface area contributed by atoms with Gasteiger partial charge in [0.25, 0.3) is 0 Å². The molecule has 0 unspecified atom stereocenters. The van der Waals surface area contributed by atoms with Crippen molar-refractivity contribution < 1.29 is 9.15 Å². The molecule has 1 aromatic carbocycles. The second-order valence-electron chi connectivity index (χ2n) is 4.20. The van der Waals surface area contributed by atoms with Crippen molar-refractivity contribution in [2.24, 2.45) is 0 Å². The largest absolute Gasteiger partial charge is 0.495 e. The topological polar surface area (TPSA) is 34.4 Å². The Morgan fingerprint density at radius 3 is 2.79 bits per heavy atom. The molecule has 0 saturated heterocycles. The highest BCUT2D eigenvalue weighted by molar-refractivity contribution is 9.11. The van der Waals surface area contributed by atoms with Gasteiger partial charge in [-0.25, -0.2) is 0 Å². The minimum Gasteiger partial charge on any atom is -0.495 e. The smallest absolute Gasteiger partial charge is 0.137 e. The molecule has 102 valence electrons. The first-order chi connectivity index (χ1) is 9.11. The van der Waals surface area contributed by atoms with Crippen LogP contribution in [0.1, 0.15) is 24.3 Å². The lowest BCUT2D eigenvalue weighted by Gasteiger charge is -2.15. The van der Waals surface area contributed by atoms with Gasteiger partial charge in [0.05, 0.1) is 23.9 Å². The summed E-state index contributed by atoms with van der Waals surface area (Å²) < 4.78 is 12.8. The van der Waals surface area contributed by atoms with Gasteiger partial charge in [0, 0.05) is 16.6 Å². The predicted octanol–water partition coefficient (Wildman–Crippen LogP) is 4.66. The van der Waals surface area contributed by atoms with Crippen molar-refractivity contribution >= 4 is 31.9 Å². The van der Waals surface area contributed by atoms with Gasteiger partial charge in [-0.3, -0.25) is 0 Å². The third-order valence-corrected chi connectivity index (χ3v) is 3.90. The van der Waals surface area contributed by atoms with Crippen molar-refractivity contribution in [3.63, 3.8) is 0 Å². The highest BCUT2D eigenvalue weighted by atomic mass is 79.9. The van der Waals surface area contributed by atoms with E-state index < -0.39 is 0 Å². The molecular formula is C14H15Br2NO2. The van der Waals surface area contributed by atoms with Gasteiger partial charge < -0.3 is 14.5 Å². The molecule has 0 bridgehead atoms. The van der Waals surface area contributed by atoms with Crippen molar-refractivity contribution in [3.8, 4) is 5.75 Å². The third kappa shape index (κ3) is 3.61. The molecule has 0 aliphatic rings. The van der Waals surface area contributed by atoms with Crippen LogP contribution in [0.5, 0.6) is 5.75 Å². The summed E-state index contributed by atoms with van der Waals surface area (Å²) >= 11 is 6.99. The van der Waals surface area contributed by atoms with Gasteiger partial charge >= 0.3 is 0 Å². The van der Waals surface area contributed by atoms with E-state index in [4.69, 9.17) is 9.15 Å². The Bertz CT molecular complexity index is 541. The quantitative estimate of drug-likeness (QED) is 0.808. The molecule has 0 fully saturated rings. The third-order valence-electron chi connectivity index (χ3n) is 2.86. The lowest BCUT2D eigenvalue weighted by Crippen LogP contribution is -2.18. The summed E-state index contributed by atoms with van der Waals surface area (Å²) in [5.41, 5.74) is 1.09. The van der Waals surface area contributed by atoms with Gasteiger partial charge in [-0.2, -0.15) is 0 Å². The SMILES string of the molecule is COc1c(Br)cc(Br)cc1CN[C@@H](C)c1ccco1. The minimum absolute atomic E-state index is 0.150. The Labute approximate surface area is 129 Å². The maximum Gasteiger partial charge on any atom is 0.137 e. The summed E-state index contributed by atoms with van der Waals surface area (Å²) in [7, 11) is 1.67. The van der Waals surface area contributed by atoms with Gasteiger partial charge in [-0.15, -0.1) is 0 Å². The van der Waals surface area contributed by atoms with Crippen molar-refractivity contribution in [1.29, 1.82) is 0 Å². The Hall–Kier alpha value is -0.780. The molecule has 1 aromatic heterocycles. The zero-order valence-corrected chi connectivity index (χ0v) is 13.9.